The topological polar surface area (TPSA) is 190 Å². The third kappa shape index (κ3) is 16.6. The number of carbonyl (C=O) groups excluding carboxylic acids is 4. The summed E-state index contributed by atoms with van der Waals surface area (Å²) >= 11 is 0. The molecule has 3 heterocycles. The summed E-state index contributed by atoms with van der Waals surface area (Å²) in [6.45, 7) is 5.01. The normalized spacial score (nSPS) is 26.0. The first-order valence-electron chi connectivity index (χ1n) is 16.0. The van der Waals surface area contributed by atoms with E-state index < -0.39 is 24.6 Å². The van der Waals surface area contributed by atoms with Gasteiger partial charge in [-0.2, -0.15) is 0 Å². The molecule has 0 spiro atoms. The summed E-state index contributed by atoms with van der Waals surface area (Å²) in [4.78, 5) is 42.1. The number of hydrogen-bond donors (Lipinski definition) is 1. The van der Waals surface area contributed by atoms with Gasteiger partial charge >= 0.3 is 18.5 Å². The minimum absolute atomic E-state index is 0.0328. The van der Waals surface area contributed by atoms with Crippen LogP contribution in [0.15, 0.2) is 0 Å². The van der Waals surface area contributed by atoms with Gasteiger partial charge in [0.2, 0.25) is 0 Å². The Balaban J connectivity index is 0.000000251. The van der Waals surface area contributed by atoms with E-state index in [2.05, 4.69) is 14.2 Å². The van der Waals surface area contributed by atoms with Crippen molar-refractivity contribution in [1.82, 2.24) is 0 Å². The van der Waals surface area contributed by atoms with Crippen molar-refractivity contribution in [2.45, 2.75) is 75.8 Å². The Labute approximate surface area is 268 Å². The lowest BCUT2D eigenvalue weighted by molar-refractivity contribution is -0.132. The van der Waals surface area contributed by atoms with Crippen LogP contribution in [0.3, 0.4) is 0 Å². The Morgan fingerprint density at radius 2 is 1.04 bits per heavy atom. The van der Waals surface area contributed by atoms with Gasteiger partial charge in [0, 0.05) is 26.4 Å². The van der Waals surface area contributed by atoms with Crippen molar-refractivity contribution < 1.29 is 76.4 Å². The molecule has 0 aromatic rings. The predicted molar refractivity (Wildman–Crippen MR) is 154 cm³/mol. The van der Waals surface area contributed by atoms with E-state index in [1.807, 2.05) is 0 Å². The molecule has 0 radical (unpaired) electrons. The third-order valence-electron chi connectivity index (χ3n) is 7.53. The summed E-state index contributed by atoms with van der Waals surface area (Å²) in [5, 5.41) is 9.49. The van der Waals surface area contributed by atoms with Crippen molar-refractivity contribution in [3.8, 4) is 0 Å². The molecule has 3 aliphatic heterocycles. The summed E-state index contributed by atoms with van der Waals surface area (Å²) in [5.74, 6) is 1.01. The van der Waals surface area contributed by atoms with Crippen LogP contribution in [0.5, 0.6) is 0 Å². The Kier molecular flexibility index (Phi) is 18.4. The highest BCUT2D eigenvalue weighted by Gasteiger charge is 2.27. The predicted octanol–water partition coefficient (Wildman–Crippen LogP) is 2.55. The molecule has 0 aromatic carbocycles. The highest BCUT2D eigenvalue weighted by Crippen LogP contribution is 2.29. The van der Waals surface area contributed by atoms with E-state index in [4.69, 9.17) is 37.9 Å². The molecule has 16 heteroatoms. The van der Waals surface area contributed by atoms with E-state index in [-0.39, 0.29) is 51.3 Å². The molecule has 4 atom stereocenters. The highest BCUT2D eigenvalue weighted by atomic mass is 16.8. The maximum absolute atomic E-state index is 10.8. The molecule has 0 amide bonds. The van der Waals surface area contributed by atoms with Crippen LogP contribution in [0.25, 0.3) is 0 Å². The fourth-order valence-corrected chi connectivity index (χ4v) is 5.03. The van der Waals surface area contributed by atoms with E-state index >= 15 is 0 Å². The molecule has 4 fully saturated rings. The number of aliphatic hydroxyl groups excluding tert-OH is 1. The van der Waals surface area contributed by atoms with Crippen molar-refractivity contribution in [2.24, 2.45) is 11.8 Å². The SMILES string of the molecule is O=C1OCC(COCCCCCCOCC2COC(=O)O2)O1.O=COCC(O)COCC1CCC(COCC2COC(=O)O2)CC1. The average Bonchev–Trinajstić information content (AvgIpc) is 3.79. The molecule has 1 aliphatic carbocycles. The van der Waals surface area contributed by atoms with Gasteiger partial charge < -0.3 is 57.2 Å². The highest BCUT2D eigenvalue weighted by molar-refractivity contribution is 5.62. The fraction of sp³-hybridized carbons (Fsp3) is 0.867. The van der Waals surface area contributed by atoms with Crippen molar-refractivity contribution >= 4 is 24.9 Å². The van der Waals surface area contributed by atoms with Crippen LogP contribution in [0, 0.1) is 11.8 Å². The molecule has 1 N–H and O–H groups in total. The average molecular weight is 665 g/mol. The smallest absolute Gasteiger partial charge is 0.465 e. The molecule has 0 aromatic heterocycles. The molecule has 16 nitrogen and oxygen atoms in total. The van der Waals surface area contributed by atoms with E-state index in [0.29, 0.717) is 64.6 Å². The molecule has 3 saturated heterocycles. The van der Waals surface area contributed by atoms with Gasteiger partial charge in [-0.05, 0) is 50.4 Å². The van der Waals surface area contributed by atoms with Crippen LogP contribution < -0.4 is 0 Å². The van der Waals surface area contributed by atoms with Crippen LogP contribution in [0.4, 0.5) is 14.4 Å². The van der Waals surface area contributed by atoms with Gasteiger partial charge in [-0.25, -0.2) is 14.4 Å². The minimum atomic E-state index is -0.770. The van der Waals surface area contributed by atoms with Gasteiger partial charge in [-0.15, -0.1) is 0 Å². The van der Waals surface area contributed by atoms with Gasteiger partial charge in [0.05, 0.1) is 26.4 Å². The minimum Gasteiger partial charge on any atom is -0.465 e. The van der Waals surface area contributed by atoms with Gasteiger partial charge in [0.15, 0.2) is 18.3 Å². The molecule has 46 heavy (non-hydrogen) atoms. The summed E-state index contributed by atoms with van der Waals surface area (Å²) in [6.07, 6.45) is 4.84. The van der Waals surface area contributed by atoms with Crippen molar-refractivity contribution in [2.75, 3.05) is 79.3 Å². The number of unbranched alkanes of at least 4 members (excludes halogenated alkanes) is 3. The Morgan fingerprint density at radius 1 is 0.609 bits per heavy atom. The van der Waals surface area contributed by atoms with E-state index in [1.54, 1.807) is 0 Å². The first-order chi connectivity index (χ1) is 22.4. The maximum atomic E-state index is 10.8. The van der Waals surface area contributed by atoms with Crippen LogP contribution >= 0.6 is 0 Å². The van der Waals surface area contributed by atoms with Crippen molar-refractivity contribution in [3.05, 3.63) is 0 Å². The molecular weight excluding hydrogens is 616 g/mol. The lowest BCUT2D eigenvalue weighted by Gasteiger charge is -2.28. The Morgan fingerprint density at radius 3 is 1.46 bits per heavy atom. The standard InChI is InChI=1S/C16H26O8.C14H22O8/c17-11-22-8-14(18)7-20-5-12-1-3-13(4-2-12)6-21-9-15-10-23-16(19)24-15;15-13-19-9-11(21-13)7-17-5-3-1-2-4-6-18-8-12-10-20-14(16)22-12/h11-15,18H,1-10H2;11-12H,1-10H2. The molecule has 1 saturated carbocycles. The number of cyclic esters (lactones) is 6. The summed E-state index contributed by atoms with van der Waals surface area (Å²) in [7, 11) is 0. The number of ether oxygens (including phenoxy) is 11. The van der Waals surface area contributed by atoms with Crippen LogP contribution in [-0.4, -0.2) is 134 Å². The Hall–Kier alpha value is -2.92. The fourth-order valence-electron chi connectivity index (χ4n) is 5.03. The van der Waals surface area contributed by atoms with E-state index in [1.165, 1.54) is 0 Å². The largest absolute Gasteiger partial charge is 0.508 e. The molecule has 0 bridgehead atoms. The lowest BCUT2D eigenvalue weighted by atomic mass is 9.83. The van der Waals surface area contributed by atoms with E-state index in [9.17, 15) is 24.3 Å². The first-order valence-corrected chi connectivity index (χ1v) is 16.0. The molecular formula is C30H48O16. The third-order valence-corrected chi connectivity index (χ3v) is 7.53. The number of carbonyl (C=O) groups is 4. The number of hydrogen-bond acceptors (Lipinski definition) is 16. The second kappa shape index (κ2) is 22.6. The molecule has 4 rings (SSSR count). The molecule has 264 valence electrons. The zero-order chi connectivity index (χ0) is 32.8. The summed E-state index contributed by atoms with van der Waals surface area (Å²) in [5.41, 5.74) is 0. The monoisotopic (exact) mass is 664 g/mol. The van der Waals surface area contributed by atoms with Crippen molar-refractivity contribution in [3.63, 3.8) is 0 Å². The van der Waals surface area contributed by atoms with Gasteiger partial charge in [-0.1, -0.05) is 12.8 Å². The summed E-state index contributed by atoms with van der Waals surface area (Å²) < 4.78 is 55.0. The molecule has 4 unspecified atom stereocenters. The zero-order valence-electron chi connectivity index (χ0n) is 26.3. The lowest BCUT2D eigenvalue weighted by Crippen LogP contribution is -2.26. The van der Waals surface area contributed by atoms with Gasteiger partial charge in [0.1, 0.15) is 32.5 Å². The number of rotatable bonds is 22. The second-order valence-electron chi connectivity index (χ2n) is 11.5. The zero-order valence-corrected chi connectivity index (χ0v) is 26.3. The first kappa shape index (κ1) is 37.5. The second-order valence-corrected chi connectivity index (χ2v) is 11.5. The van der Waals surface area contributed by atoms with Crippen molar-refractivity contribution in [1.29, 1.82) is 0 Å². The van der Waals surface area contributed by atoms with Crippen LogP contribution in [-0.2, 0) is 56.9 Å². The Bertz CT molecular complexity index is 845. The van der Waals surface area contributed by atoms with Gasteiger partial charge in [0.25, 0.3) is 6.47 Å². The van der Waals surface area contributed by atoms with E-state index in [0.717, 1.165) is 51.4 Å². The van der Waals surface area contributed by atoms with Gasteiger partial charge in [-0.3, -0.25) is 4.79 Å². The quantitative estimate of drug-likeness (QED) is 0.0768. The number of aliphatic hydroxyl groups is 1. The molecule has 4 aliphatic rings. The van der Waals surface area contributed by atoms with Crippen LogP contribution in [0.1, 0.15) is 51.4 Å². The van der Waals surface area contributed by atoms with Crippen LogP contribution in [0.2, 0.25) is 0 Å². The maximum Gasteiger partial charge on any atom is 0.508 e. The summed E-state index contributed by atoms with van der Waals surface area (Å²) in [6, 6.07) is 0.